The number of nitrogens with zero attached hydrogens (tertiary/aromatic N) is 2. The summed E-state index contributed by atoms with van der Waals surface area (Å²) >= 11 is 0. The van der Waals surface area contributed by atoms with Crippen LogP contribution in [0.1, 0.15) is 97.6 Å². The van der Waals surface area contributed by atoms with Gasteiger partial charge in [-0.1, -0.05) is 19.8 Å². The van der Waals surface area contributed by atoms with Crippen molar-refractivity contribution in [2.24, 2.45) is 5.92 Å². The van der Waals surface area contributed by atoms with Crippen LogP contribution >= 0.6 is 7.67 Å². The number of aromatic nitrogens is 2. The van der Waals surface area contributed by atoms with Gasteiger partial charge in [0, 0.05) is 18.5 Å². The van der Waals surface area contributed by atoms with E-state index in [4.69, 9.17) is 24.5 Å². The summed E-state index contributed by atoms with van der Waals surface area (Å²) in [7, 11) is -4.29. The first-order valence-electron chi connectivity index (χ1n) is 15.3. The second kappa shape index (κ2) is 14.6. The van der Waals surface area contributed by atoms with Crippen molar-refractivity contribution in [3.8, 4) is 0 Å². The van der Waals surface area contributed by atoms with E-state index in [2.05, 4.69) is 15.2 Å². The van der Waals surface area contributed by atoms with E-state index in [1.165, 1.54) is 26.1 Å². The summed E-state index contributed by atoms with van der Waals surface area (Å²) in [6, 6.07) is -0.809. The van der Waals surface area contributed by atoms with E-state index in [-0.39, 0.29) is 24.4 Å². The van der Waals surface area contributed by atoms with Crippen LogP contribution in [-0.2, 0) is 32.9 Å². The molecule has 0 bridgehead atoms. The zero-order valence-electron chi connectivity index (χ0n) is 25.2. The lowest BCUT2D eigenvalue weighted by Gasteiger charge is -2.30. The first-order chi connectivity index (χ1) is 20.4. The predicted molar refractivity (Wildman–Crippen MR) is 155 cm³/mol. The summed E-state index contributed by atoms with van der Waals surface area (Å²) in [6.07, 6.45) is 8.72. The molecule has 0 unspecified atom stereocenters. The van der Waals surface area contributed by atoms with Crippen LogP contribution in [0.15, 0.2) is 17.1 Å². The molecule has 2 saturated carbocycles. The van der Waals surface area contributed by atoms with Crippen LogP contribution in [0.4, 0.5) is 10.2 Å². The minimum Gasteiger partial charge on any atom is -0.461 e. The third-order valence-corrected chi connectivity index (χ3v) is 10.1. The smallest absolute Gasteiger partial charge is 0.351 e. The van der Waals surface area contributed by atoms with Gasteiger partial charge in [-0.25, -0.2) is 19.4 Å². The van der Waals surface area contributed by atoms with E-state index in [1.807, 2.05) is 0 Å². The lowest BCUT2D eigenvalue weighted by Crippen LogP contribution is -2.44. The third kappa shape index (κ3) is 9.31. The van der Waals surface area contributed by atoms with Crippen molar-refractivity contribution in [2.45, 2.75) is 128 Å². The molecule has 0 radical (unpaired) electrons. The minimum absolute atomic E-state index is 0.0205. The van der Waals surface area contributed by atoms with E-state index in [0.717, 1.165) is 68.8 Å². The Balaban J connectivity index is 1.44. The number of nitrogens with two attached hydrogens (primary N) is 1. The number of nitrogens with one attached hydrogen (secondary N) is 2. The van der Waals surface area contributed by atoms with Crippen LogP contribution in [0.25, 0.3) is 0 Å². The SMILES string of the molecule is C[C@H](NP(=O)(N[C@@H](C)C(=O)OC1CCCCC1)OC[C@]1(F)C[C@H](C)[C@H](n2ccc(N)nc2=O)O1)C(=O)OC1CCCCC1. The first kappa shape index (κ1) is 33.5. The average molecular weight is 630 g/mol. The predicted octanol–water partition coefficient (Wildman–Crippen LogP) is 3.88. The molecule has 3 fully saturated rings. The maximum Gasteiger partial charge on any atom is 0.351 e. The lowest BCUT2D eigenvalue weighted by molar-refractivity contribution is -0.174. The topological polar surface area (TPSA) is 173 Å². The van der Waals surface area contributed by atoms with Gasteiger partial charge in [-0.15, -0.1) is 0 Å². The number of ether oxygens (including phenoxy) is 3. The van der Waals surface area contributed by atoms with E-state index in [9.17, 15) is 18.9 Å². The molecule has 15 heteroatoms. The van der Waals surface area contributed by atoms with Gasteiger partial charge in [0.2, 0.25) is 5.85 Å². The molecular weight excluding hydrogens is 584 g/mol. The number of esters is 2. The zero-order valence-corrected chi connectivity index (χ0v) is 26.1. The van der Waals surface area contributed by atoms with E-state index >= 15 is 4.39 Å². The monoisotopic (exact) mass is 629 g/mol. The highest BCUT2D eigenvalue weighted by Crippen LogP contribution is 2.46. The highest BCUT2D eigenvalue weighted by atomic mass is 31.2. The van der Waals surface area contributed by atoms with Crippen molar-refractivity contribution in [3.05, 3.63) is 22.7 Å². The van der Waals surface area contributed by atoms with E-state index in [1.54, 1.807) is 6.92 Å². The molecule has 2 aliphatic carbocycles. The summed E-state index contributed by atoms with van der Waals surface area (Å²) in [5.74, 6) is -4.17. The van der Waals surface area contributed by atoms with Crippen molar-refractivity contribution in [2.75, 3.05) is 12.3 Å². The van der Waals surface area contributed by atoms with Crippen molar-refractivity contribution >= 4 is 25.4 Å². The van der Waals surface area contributed by atoms with Crippen LogP contribution in [-0.4, -0.2) is 58.2 Å². The Hall–Kier alpha value is -2.38. The van der Waals surface area contributed by atoms with Crippen molar-refractivity contribution in [1.82, 2.24) is 19.7 Å². The quantitative estimate of drug-likeness (QED) is 0.225. The molecule has 1 aromatic rings. The summed E-state index contributed by atoms with van der Waals surface area (Å²) in [5, 5.41) is 5.24. The molecule has 0 aromatic carbocycles. The molecule has 13 nitrogen and oxygen atoms in total. The highest BCUT2D eigenvalue weighted by Gasteiger charge is 2.48. The summed E-state index contributed by atoms with van der Waals surface area (Å²) in [6.45, 7) is 3.79. The van der Waals surface area contributed by atoms with Gasteiger partial charge < -0.3 is 24.5 Å². The Morgan fingerprint density at radius 2 is 1.58 bits per heavy atom. The van der Waals surface area contributed by atoms with Crippen molar-refractivity contribution in [1.29, 1.82) is 0 Å². The molecule has 3 aliphatic rings. The normalized spacial score (nSPS) is 27.0. The largest absolute Gasteiger partial charge is 0.461 e. The Morgan fingerprint density at radius 3 is 2.07 bits per heavy atom. The number of halogens is 1. The molecule has 2 heterocycles. The van der Waals surface area contributed by atoms with Crippen molar-refractivity contribution in [3.63, 3.8) is 0 Å². The molecule has 0 spiro atoms. The van der Waals surface area contributed by atoms with Crippen LogP contribution in [0.5, 0.6) is 0 Å². The maximum atomic E-state index is 16.0. The van der Waals surface area contributed by atoms with Gasteiger partial charge in [0.05, 0.1) is 0 Å². The summed E-state index contributed by atoms with van der Waals surface area (Å²) < 4.78 is 53.6. The van der Waals surface area contributed by atoms with Gasteiger partial charge in [0.15, 0.2) is 0 Å². The van der Waals surface area contributed by atoms with Crippen LogP contribution < -0.4 is 21.6 Å². The van der Waals surface area contributed by atoms with Gasteiger partial charge in [0.1, 0.15) is 42.9 Å². The van der Waals surface area contributed by atoms with Crippen LogP contribution in [0.2, 0.25) is 0 Å². The fourth-order valence-corrected chi connectivity index (χ4v) is 7.65. The standard InChI is InChI=1S/C28H45FN5O8P/c1-18-16-28(29,42-24(18)34-15-14-23(30)31-27(34)37)17-39-43(38,32-19(2)25(35)40-21-10-6-4-7-11-21)33-20(3)26(36)41-22-12-8-5-9-13-22/h14-15,18-22,24H,4-13,16-17H2,1-3H3,(H2,30,31,37)(H2,32,33,38)/t18-,19-,20-,24+,28-/m0/s1. The lowest BCUT2D eigenvalue weighted by atomic mass is 9.98. The van der Waals surface area contributed by atoms with Gasteiger partial charge in [-0.3, -0.25) is 18.7 Å². The number of anilines is 1. The fourth-order valence-electron chi connectivity index (χ4n) is 5.82. The molecule has 1 saturated heterocycles. The molecule has 4 rings (SSSR count). The number of hydrogen-bond donors (Lipinski definition) is 3. The Morgan fingerprint density at radius 1 is 1.07 bits per heavy atom. The van der Waals surface area contributed by atoms with E-state index in [0.29, 0.717) is 0 Å². The Kier molecular flexibility index (Phi) is 11.4. The molecule has 4 N–H and O–H groups in total. The molecule has 43 heavy (non-hydrogen) atoms. The van der Waals surface area contributed by atoms with Crippen LogP contribution in [0.3, 0.4) is 0 Å². The summed E-state index contributed by atoms with van der Waals surface area (Å²) in [4.78, 5) is 41.7. The molecule has 242 valence electrons. The Bertz CT molecular complexity index is 1180. The second-order valence-corrected chi connectivity index (χ2v) is 13.9. The molecule has 1 aliphatic heterocycles. The van der Waals surface area contributed by atoms with Gasteiger partial charge in [0.25, 0.3) is 0 Å². The minimum atomic E-state index is -4.29. The van der Waals surface area contributed by atoms with Gasteiger partial charge in [-0.05, 0) is 71.3 Å². The highest BCUT2D eigenvalue weighted by molar-refractivity contribution is 7.54. The number of carbonyl (C=O) groups excluding carboxylic acids is 2. The summed E-state index contributed by atoms with van der Waals surface area (Å²) in [5.41, 5.74) is 4.86. The van der Waals surface area contributed by atoms with E-state index < -0.39 is 62.0 Å². The number of nitrogen functional groups attached to an aromatic ring is 1. The third-order valence-electron chi connectivity index (χ3n) is 8.14. The Labute approximate surface area is 251 Å². The molecular formula is C28H45FN5O8P. The van der Waals surface area contributed by atoms with Crippen molar-refractivity contribution < 1.29 is 37.3 Å². The number of rotatable bonds is 12. The number of carbonyl (C=O) groups is 2. The fraction of sp³-hybridized carbons (Fsp3) is 0.786. The second-order valence-electron chi connectivity index (χ2n) is 12.0. The maximum absolute atomic E-state index is 16.0. The molecule has 5 atom stereocenters. The van der Waals surface area contributed by atoms with Gasteiger partial charge >= 0.3 is 25.3 Å². The zero-order chi connectivity index (χ0) is 31.2. The number of hydrogen-bond acceptors (Lipinski definition) is 10. The first-order valence-corrected chi connectivity index (χ1v) is 16.9. The molecule has 0 amide bonds. The average Bonchev–Trinajstić information content (AvgIpc) is 3.27. The van der Waals surface area contributed by atoms with Gasteiger partial charge in [-0.2, -0.15) is 4.98 Å². The number of alkyl halides is 1. The molecule has 1 aromatic heterocycles. The van der Waals surface area contributed by atoms with Crippen LogP contribution in [0, 0.1) is 5.92 Å².